The molecule has 0 saturated carbocycles. The average Bonchev–Trinajstić information content (AvgIpc) is 2.40. The average molecular weight is 246 g/mol. The number of aromatic nitrogens is 1. The number of hydrogen-bond donors (Lipinski definition) is 1. The number of nitrogens with one attached hydrogen (secondary N) is 1. The van der Waals surface area contributed by atoms with Crippen LogP contribution in [0.4, 0.5) is 5.82 Å². The number of hydrogen-bond acceptors (Lipinski definition) is 4. The van der Waals surface area contributed by atoms with E-state index in [1.807, 2.05) is 12.3 Å². The fourth-order valence-corrected chi connectivity index (χ4v) is 1.88. The van der Waals surface area contributed by atoms with Crippen LogP contribution < -0.4 is 10.2 Å². The molecule has 0 spiro atoms. The van der Waals surface area contributed by atoms with Crippen LogP contribution in [0.15, 0.2) is 18.3 Å². The third-order valence-electron chi connectivity index (χ3n) is 2.98. The van der Waals surface area contributed by atoms with Gasteiger partial charge in [-0.15, -0.1) is 0 Å². The van der Waals surface area contributed by atoms with Crippen molar-refractivity contribution in [2.75, 3.05) is 24.5 Å². The van der Waals surface area contributed by atoms with Gasteiger partial charge in [0.2, 0.25) is 0 Å². The molecule has 4 heteroatoms. The zero-order chi connectivity index (χ0) is 13.4. The molecular formula is C14H22N4. The summed E-state index contributed by atoms with van der Waals surface area (Å²) in [5, 5.41) is 12.0. The van der Waals surface area contributed by atoms with Crippen LogP contribution in [0.5, 0.6) is 0 Å². The molecule has 1 aromatic heterocycles. The lowest BCUT2D eigenvalue weighted by Crippen LogP contribution is -2.25. The molecule has 1 rings (SSSR count). The quantitative estimate of drug-likeness (QED) is 0.803. The Bertz CT molecular complexity index is 380. The predicted octanol–water partition coefficient (Wildman–Crippen LogP) is 2.49. The van der Waals surface area contributed by atoms with Gasteiger partial charge in [-0.3, -0.25) is 0 Å². The zero-order valence-electron chi connectivity index (χ0n) is 11.5. The monoisotopic (exact) mass is 246 g/mol. The molecule has 0 radical (unpaired) electrons. The smallest absolute Gasteiger partial charge is 0.128 e. The Labute approximate surface area is 110 Å². The Hall–Kier alpha value is -1.60. The Morgan fingerprint density at radius 3 is 2.72 bits per heavy atom. The molecule has 0 saturated heterocycles. The highest BCUT2D eigenvalue weighted by molar-refractivity contribution is 5.39. The van der Waals surface area contributed by atoms with Crippen molar-refractivity contribution in [1.82, 2.24) is 10.3 Å². The van der Waals surface area contributed by atoms with Gasteiger partial charge in [0.05, 0.1) is 12.5 Å². The molecule has 1 N–H and O–H groups in total. The van der Waals surface area contributed by atoms with Crippen molar-refractivity contribution >= 4 is 5.82 Å². The van der Waals surface area contributed by atoms with Crippen LogP contribution in [-0.4, -0.2) is 24.6 Å². The topological polar surface area (TPSA) is 52.0 Å². The van der Waals surface area contributed by atoms with Crippen LogP contribution in [0.25, 0.3) is 0 Å². The minimum Gasteiger partial charge on any atom is -0.356 e. The zero-order valence-corrected chi connectivity index (χ0v) is 11.5. The van der Waals surface area contributed by atoms with E-state index in [4.69, 9.17) is 5.26 Å². The number of pyridine rings is 1. The molecular weight excluding hydrogens is 224 g/mol. The molecule has 0 aliphatic carbocycles. The first-order valence-electron chi connectivity index (χ1n) is 6.54. The van der Waals surface area contributed by atoms with Gasteiger partial charge < -0.3 is 10.2 Å². The van der Waals surface area contributed by atoms with E-state index < -0.39 is 0 Å². The van der Waals surface area contributed by atoms with Gasteiger partial charge in [-0.25, -0.2) is 4.98 Å². The van der Waals surface area contributed by atoms with Gasteiger partial charge >= 0.3 is 0 Å². The van der Waals surface area contributed by atoms with Crippen LogP contribution in [0, 0.1) is 11.3 Å². The highest BCUT2D eigenvalue weighted by Crippen LogP contribution is 2.16. The third-order valence-corrected chi connectivity index (χ3v) is 2.98. The molecule has 1 atom stereocenters. The second-order valence-electron chi connectivity index (χ2n) is 4.22. The number of rotatable bonds is 7. The molecule has 0 aliphatic heterocycles. The van der Waals surface area contributed by atoms with Crippen molar-refractivity contribution in [1.29, 1.82) is 5.26 Å². The minimum atomic E-state index is 0.325. The summed E-state index contributed by atoms with van der Waals surface area (Å²) in [6, 6.07) is 6.63. The van der Waals surface area contributed by atoms with Gasteiger partial charge in [-0.2, -0.15) is 5.26 Å². The van der Waals surface area contributed by atoms with E-state index in [2.05, 4.69) is 48.1 Å². The van der Waals surface area contributed by atoms with Gasteiger partial charge in [0.15, 0.2) is 0 Å². The van der Waals surface area contributed by atoms with Crippen LogP contribution in [0.1, 0.15) is 38.8 Å². The minimum absolute atomic E-state index is 0.325. The normalized spacial score (nSPS) is 11.9. The Kier molecular flexibility index (Phi) is 6.16. The van der Waals surface area contributed by atoms with Crippen LogP contribution in [0.3, 0.4) is 0 Å². The summed E-state index contributed by atoms with van der Waals surface area (Å²) in [6.45, 7) is 8.87. The van der Waals surface area contributed by atoms with Crippen LogP contribution in [0.2, 0.25) is 0 Å². The SMILES string of the molecule is CCNC(C)c1ccc(N(CC)CCC#N)nc1. The maximum absolute atomic E-state index is 8.63. The molecule has 18 heavy (non-hydrogen) atoms. The molecule has 0 bridgehead atoms. The number of nitrogens with zero attached hydrogens (tertiary/aromatic N) is 3. The van der Waals surface area contributed by atoms with Crippen LogP contribution in [-0.2, 0) is 0 Å². The van der Waals surface area contributed by atoms with Crippen LogP contribution >= 0.6 is 0 Å². The lowest BCUT2D eigenvalue weighted by molar-refractivity contribution is 0.596. The summed E-state index contributed by atoms with van der Waals surface area (Å²) in [5.41, 5.74) is 1.19. The molecule has 0 aliphatic rings. The van der Waals surface area contributed by atoms with Crippen molar-refractivity contribution in [2.45, 2.75) is 33.2 Å². The van der Waals surface area contributed by atoms with E-state index in [1.165, 1.54) is 5.56 Å². The second kappa shape index (κ2) is 7.67. The van der Waals surface area contributed by atoms with Gasteiger partial charge in [0, 0.05) is 25.3 Å². The van der Waals surface area contributed by atoms with Crippen molar-refractivity contribution in [3.8, 4) is 6.07 Å². The van der Waals surface area contributed by atoms with Gasteiger partial charge in [0.1, 0.15) is 5.82 Å². The molecule has 4 nitrogen and oxygen atoms in total. The fraction of sp³-hybridized carbons (Fsp3) is 0.571. The maximum atomic E-state index is 8.63. The molecule has 0 fully saturated rings. The first kappa shape index (κ1) is 14.5. The Balaban J connectivity index is 2.71. The molecule has 1 unspecified atom stereocenters. The molecule has 1 aromatic rings. The summed E-state index contributed by atoms with van der Waals surface area (Å²) in [7, 11) is 0. The Morgan fingerprint density at radius 2 is 2.22 bits per heavy atom. The number of nitriles is 1. The van der Waals surface area contributed by atoms with E-state index >= 15 is 0 Å². The fourth-order valence-electron chi connectivity index (χ4n) is 1.88. The summed E-state index contributed by atoms with van der Waals surface area (Å²) in [4.78, 5) is 6.60. The van der Waals surface area contributed by atoms with Crippen molar-refractivity contribution < 1.29 is 0 Å². The lowest BCUT2D eigenvalue weighted by atomic mass is 10.1. The highest BCUT2D eigenvalue weighted by atomic mass is 15.2. The highest BCUT2D eigenvalue weighted by Gasteiger charge is 2.07. The first-order chi connectivity index (χ1) is 8.72. The first-order valence-corrected chi connectivity index (χ1v) is 6.54. The molecule has 0 amide bonds. The van der Waals surface area contributed by atoms with E-state index in [-0.39, 0.29) is 0 Å². The Morgan fingerprint density at radius 1 is 1.44 bits per heavy atom. The van der Waals surface area contributed by atoms with E-state index in [0.717, 1.165) is 25.5 Å². The summed E-state index contributed by atoms with van der Waals surface area (Å²) in [5.74, 6) is 0.945. The van der Waals surface area contributed by atoms with E-state index in [0.29, 0.717) is 12.5 Å². The second-order valence-corrected chi connectivity index (χ2v) is 4.22. The van der Waals surface area contributed by atoms with Crippen molar-refractivity contribution in [3.63, 3.8) is 0 Å². The van der Waals surface area contributed by atoms with Crippen molar-refractivity contribution in [3.05, 3.63) is 23.9 Å². The van der Waals surface area contributed by atoms with Gasteiger partial charge in [-0.05, 0) is 32.0 Å². The molecule has 1 heterocycles. The third kappa shape index (κ3) is 4.01. The summed E-state index contributed by atoms with van der Waals surface area (Å²) in [6.07, 6.45) is 2.45. The standard InChI is InChI=1S/C14H22N4/c1-4-16-12(3)13-7-8-14(17-11-13)18(5-2)10-6-9-15/h7-8,11-12,16H,4-6,10H2,1-3H3. The maximum Gasteiger partial charge on any atom is 0.128 e. The lowest BCUT2D eigenvalue weighted by Gasteiger charge is -2.21. The van der Waals surface area contributed by atoms with E-state index in [9.17, 15) is 0 Å². The largest absolute Gasteiger partial charge is 0.356 e. The van der Waals surface area contributed by atoms with E-state index in [1.54, 1.807) is 0 Å². The number of anilines is 1. The van der Waals surface area contributed by atoms with Crippen molar-refractivity contribution in [2.24, 2.45) is 0 Å². The van der Waals surface area contributed by atoms with Gasteiger partial charge in [-0.1, -0.05) is 13.0 Å². The molecule has 98 valence electrons. The molecule has 0 aromatic carbocycles. The summed E-state index contributed by atoms with van der Waals surface area (Å²) < 4.78 is 0. The summed E-state index contributed by atoms with van der Waals surface area (Å²) >= 11 is 0. The van der Waals surface area contributed by atoms with Gasteiger partial charge in [0.25, 0.3) is 0 Å². The predicted molar refractivity (Wildman–Crippen MR) is 74.4 cm³/mol.